The predicted molar refractivity (Wildman–Crippen MR) is 153 cm³/mol. The number of carbonyl (C=O) groups excluding carboxylic acids is 1. The number of aliphatic hydroxyl groups excluding tert-OH is 1. The van der Waals surface area contributed by atoms with E-state index in [0.717, 1.165) is 5.56 Å². The van der Waals surface area contributed by atoms with Gasteiger partial charge in [0, 0.05) is 30.9 Å². The number of hydrogen-bond acceptors (Lipinski definition) is 9. The zero-order chi connectivity index (χ0) is 29.6. The normalized spacial score (nSPS) is 13.7. The molecule has 41 heavy (non-hydrogen) atoms. The van der Waals surface area contributed by atoms with Crippen molar-refractivity contribution in [2.45, 2.75) is 24.8 Å². The summed E-state index contributed by atoms with van der Waals surface area (Å²) in [6, 6.07) is 10.6. The Morgan fingerprint density at radius 1 is 1.15 bits per heavy atom. The van der Waals surface area contributed by atoms with Crippen LogP contribution < -0.4 is 18.9 Å². The van der Waals surface area contributed by atoms with Gasteiger partial charge in [-0.3, -0.25) is 9.52 Å². The molecule has 2 aromatic carbocycles. The summed E-state index contributed by atoms with van der Waals surface area (Å²) in [4.78, 5) is 19.2. The van der Waals surface area contributed by atoms with Gasteiger partial charge in [0.2, 0.25) is 0 Å². The van der Waals surface area contributed by atoms with E-state index >= 15 is 0 Å². The summed E-state index contributed by atoms with van der Waals surface area (Å²) < 4.78 is 52.0. The minimum Gasteiger partial charge on any atom is -0.497 e. The highest BCUT2D eigenvalue weighted by molar-refractivity contribution is 7.92. The van der Waals surface area contributed by atoms with Gasteiger partial charge in [-0.1, -0.05) is 31.5 Å². The first-order valence-electron chi connectivity index (χ1n) is 12.9. The second kappa shape index (κ2) is 13.4. The Morgan fingerprint density at radius 3 is 2.54 bits per heavy atom. The zero-order valence-corrected chi connectivity index (χ0v) is 24.5. The number of carbonyl (C=O) groups is 1. The van der Waals surface area contributed by atoms with Crippen molar-refractivity contribution < 1.29 is 37.3 Å². The Kier molecular flexibility index (Phi) is 9.92. The highest BCUT2D eigenvalue weighted by Gasteiger charge is 2.27. The van der Waals surface area contributed by atoms with E-state index in [2.05, 4.69) is 9.71 Å². The van der Waals surface area contributed by atoms with E-state index in [4.69, 9.17) is 30.5 Å². The van der Waals surface area contributed by atoms with Gasteiger partial charge in [0.25, 0.3) is 15.9 Å². The lowest BCUT2D eigenvalue weighted by atomic mass is 10.1. The van der Waals surface area contributed by atoms with Gasteiger partial charge in [-0.05, 0) is 41.8 Å². The second-order valence-electron chi connectivity index (χ2n) is 9.42. The molecule has 3 aromatic rings. The molecule has 0 atom stereocenters. The van der Waals surface area contributed by atoms with Crippen LogP contribution in [0.2, 0.25) is 5.02 Å². The van der Waals surface area contributed by atoms with Crippen LogP contribution in [0.5, 0.6) is 23.0 Å². The molecule has 2 heterocycles. The molecule has 11 nitrogen and oxygen atoms in total. The quantitative estimate of drug-likeness (QED) is 0.328. The Hall–Kier alpha value is -3.58. The topological polar surface area (TPSA) is 137 Å². The summed E-state index contributed by atoms with van der Waals surface area (Å²) in [5, 5.41) is 9.44. The zero-order valence-electron chi connectivity index (χ0n) is 22.9. The average molecular weight is 606 g/mol. The molecule has 0 bridgehead atoms. The van der Waals surface area contributed by atoms with Gasteiger partial charge in [0.15, 0.2) is 16.5 Å². The monoisotopic (exact) mass is 605 g/mol. The minimum absolute atomic E-state index is 0.0119. The summed E-state index contributed by atoms with van der Waals surface area (Å²) in [5.74, 6) is 0.333. The number of halogens is 1. The van der Waals surface area contributed by atoms with Crippen molar-refractivity contribution in [3.8, 4) is 23.0 Å². The molecule has 220 valence electrons. The lowest BCUT2D eigenvalue weighted by molar-refractivity contribution is 0.0302. The maximum absolute atomic E-state index is 13.5. The molecule has 1 saturated heterocycles. The van der Waals surface area contributed by atoms with Gasteiger partial charge in [-0.25, -0.2) is 4.98 Å². The molecule has 1 fully saturated rings. The smallest absolute Gasteiger partial charge is 0.279 e. The van der Waals surface area contributed by atoms with Crippen LogP contribution in [0.4, 0.5) is 5.69 Å². The van der Waals surface area contributed by atoms with E-state index in [-0.39, 0.29) is 63.6 Å². The van der Waals surface area contributed by atoms with Crippen LogP contribution in [0, 0.1) is 0 Å². The van der Waals surface area contributed by atoms with Gasteiger partial charge in [0.05, 0.1) is 37.6 Å². The van der Waals surface area contributed by atoms with Crippen LogP contribution in [0.15, 0.2) is 53.7 Å². The number of benzene rings is 2. The number of pyridine rings is 1. The molecule has 1 aliphatic rings. The van der Waals surface area contributed by atoms with Crippen molar-refractivity contribution in [1.82, 2.24) is 9.88 Å². The van der Waals surface area contributed by atoms with E-state index in [0.29, 0.717) is 32.1 Å². The number of nitrogens with one attached hydrogen (secondary N) is 1. The first-order valence-corrected chi connectivity index (χ1v) is 14.8. The number of hydrogen-bond donors (Lipinski definition) is 2. The Bertz CT molecular complexity index is 1480. The molecule has 0 spiro atoms. The van der Waals surface area contributed by atoms with Gasteiger partial charge >= 0.3 is 0 Å². The molecule has 0 aliphatic carbocycles. The largest absolute Gasteiger partial charge is 0.497 e. The molecular weight excluding hydrogens is 574 g/mol. The first kappa shape index (κ1) is 30.4. The highest BCUT2D eigenvalue weighted by Crippen LogP contribution is 2.43. The van der Waals surface area contributed by atoms with E-state index in [1.807, 2.05) is 13.8 Å². The van der Waals surface area contributed by atoms with Crippen LogP contribution in [0.25, 0.3) is 0 Å². The molecule has 0 radical (unpaired) electrons. The van der Waals surface area contributed by atoms with Crippen molar-refractivity contribution in [3.05, 3.63) is 64.8 Å². The Labute approximate surface area is 244 Å². The first-order chi connectivity index (χ1) is 19.6. The Balaban J connectivity index is 1.83. The number of sulfonamides is 1. The maximum atomic E-state index is 13.5. The van der Waals surface area contributed by atoms with Gasteiger partial charge in [0.1, 0.15) is 18.1 Å². The summed E-state index contributed by atoms with van der Waals surface area (Å²) in [7, 11) is -2.77. The molecule has 4 rings (SSSR count). The third-order valence-electron chi connectivity index (χ3n) is 6.24. The van der Waals surface area contributed by atoms with Crippen LogP contribution in [0.3, 0.4) is 0 Å². The van der Waals surface area contributed by atoms with E-state index < -0.39 is 10.0 Å². The lowest BCUT2D eigenvalue weighted by Crippen LogP contribution is -2.40. The van der Waals surface area contributed by atoms with E-state index in [9.17, 15) is 18.3 Å². The minimum atomic E-state index is -4.25. The summed E-state index contributed by atoms with van der Waals surface area (Å²) >= 11 is 6.38. The summed E-state index contributed by atoms with van der Waals surface area (Å²) in [6.45, 7) is 4.96. The fourth-order valence-corrected chi connectivity index (χ4v) is 5.15. The van der Waals surface area contributed by atoms with Gasteiger partial charge < -0.3 is 29.0 Å². The van der Waals surface area contributed by atoms with Crippen LogP contribution in [-0.2, 0) is 14.8 Å². The predicted octanol–water partition coefficient (Wildman–Crippen LogP) is 4.30. The van der Waals surface area contributed by atoms with Gasteiger partial charge in [-0.2, -0.15) is 8.42 Å². The SMILES string of the molecule is COc1ccc(Cl)c(Oc2c(NS(=O)(=O)c3ccc(C(C)C)cn3)cc(C(=O)N3CCOCC3)cc2OCCO)c1. The molecule has 0 unspecified atom stereocenters. The number of anilines is 1. The fraction of sp³-hybridized carbons (Fsp3) is 0.357. The molecular formula is C28H32ClN3O8S. The van der Waals surface area contributed by atoms with Crippen molar-refractivity contribution in [2.24, 2.45) is 0 Å². The number of methoxy groups -OCH3 is 1. The molecule has 1 aromatic heterocycles. The van der Waals surface area contributed by atoms with Crippen LogP contribution in [0.1, 0.15) is 35.7 Å². The number of nitrogens with zero attached hydrogens (tertiary/aromatic N) is 2. The number of aliphatic hydroxyl groups is 1. The standard InChI is InChI=1S/C28H32ClN3O8S/c1-18(2)19-4-7-26(30-17-19)41(35,36)31-23-14-20(28(34)32-8-11-38-12-9-32)15-25(39-13-10-33)27(23)40-24-16-21(37-3)5-6-22(24)29/h4-7,14-18,31,33H,8-13H2,1-3H3. The van der Waals surface area contributed by atoms with E-state index in [1.54, 1.807) is 23.1 Å². The average Bonchev–Trinajstić information content (AvgIpc) is 2.98. The summed E-state index contributed by atoms with van der Waals surface area (Å²) in [6.07, 6.45) is 1.50. The third-order valence-corrected chi connectivity index (χ3v) is 7.84. The number of amides is 1. The molecule has 1 amide bonds. The van der Waals surface area contributed by atoms with Crippen LogP contribution >= 0.6 is 11.6 Å². The number of rotatable bonds is 11. The number of morpholine rings is 1. The van der Waals surface area contributed by atoms with Gasteiger partial charge in [-0.15, -0.1) is 0 Å². The Morgan fingerprint density at radius 2 is 1.90 bits per heavy atom. The lowest BCUT2D eigenvalue weighted by Gasteiger charge is -2.27. The molecule has 1 aliphatic heterocycles. The fourth-order valence-electron chi connectivity index (χ4n) is 4.01. The molecule has 2 N–H and O–H groups in total. The van der Waals surface area contributed by atoms with Crippen molar-refractivity contribution >= 4 is 33.2 Å². The van der Waals surface area contributed by atoms with Crippen molar-refractivity contribution in [3.63, 3.8) is 0 Å². The van der Waals surface area contributed by atoms with Crippen molar-refractivity contribution in [2.75, 3.05) is 51.3 Å². The number of aromatic nitrogens is 1. The third kappa shape index (κ3) is 7.39. The highest BCUT2D eigenvalue weighted by atomic mass is 35.5. The summed E-state index contributed by atoms with van der Waals surface area (Å²) in [5.41, 5.74) is 0.925. The molecule has 13 heteroatoms. The maximum Gasteiger partial charge on any atom is 0.279 e. The van der Waals surface area contributed by atoms with E-state index in [1.165, 1.54) is 37.6 Å². The molecule has 0 saturated carbocycles. The van der Waals surface area contributed by atoms with Crippen molar-refractivity contribution in [1.29, 1.82) is 0 Å². The number of ether oxygens (including phenoxy) is 4. The van der Waals surface area contributed by atoms with Crippen LogP contribution in [-0.4, -0.2) is 75.9 Å². The second-order valence-corrected chi connectivity index (χ2v) is 11.5.